The Labute approximate surface area is 64.1 Å². The number of amides is 1. The van der Waals surface area contributed by atoms with Gasteiger partial charge in [-0.05, 0) is 12.8 Å². The molecule has 60 valence electrons. The van der Waals surface area contributed by atoms with Gasteiger partial charge in [-0.2, -0.15) is 5.26 Å². The zero-order chi connectivity index (χ0) is 8.69. The first-order valence-corrected chi connectivity index (χ1v) is 3.10. The molecule has 0 atom stereocenters. The molecular weight excluding hydrogens is 146 g/mol. The molecule has 0 aromatic carbocycles. The summed E-state index contributed by atoms with van der Waals surface area (Å²) in [5.41, 5.74) is 4.73. The second kappa shape index (κ2) is 5.23. The minimum absolute atomic E-state index is 0.0831. The molecule has 0 radical (unpaired) electrons. The standard InChI is InChI=1S/C6H9N3O2/c7-4-2-1-3-5(9-11)6(8)10/h11H,1-3H2,(H2,8,10). The lowest BCUT2D eigenvalue weighted by Crippen LogP contribution is -2.23. The van der Waals surface area contributed by atoms with Gasteiger partial charge in [0.05, 0.1) is 6.07 Å². The van der Waals surface area contributed by atoms with E-state index in [1.807, 2.05) is 6.07 Å². The average molecular weight is 155 g/mol. The van der Waals surface area contributed by atoms with E-state index in [0.717, 1.165) is 0 Å². The number of nitrogens with zero attached hydrogens (tertiary/aromatic N) is 2. The number of hydrogen-bond acceptors (Lipinski definition) is 4. The van der Waals surface area contributed by atoms with Gasteiger partial charge in [-0.25, -0.2) is 0 Å². The van der Waals surface area contributed by atoms with Crippen LogP contribution < -0.4 is 5.73 Å². The Morgan fingerprint density at radius 1 is 1.73 bits per heavy atom. The number of nitriles is 1. The SMILES string of the molecule is N#CCCCC(=NO)C(N)=O. The predicted molar refractivity (Wildman–Crippen MR) is 37.9 cm³/mol. The van der Waals surface area contributed by atoms with Crippen molar-refractivity contribution < 1.29 is 10.0 Å². The molecule has 0 aromatic heterocycles. The van der Waals surface area contributed by atoms with E-state index in [-0.39, 0.29) is 12.1 Å². The number of unbranched alkanes of at least 4 members (excludes halogenated alkanes) is 1. The fraction of sp³-hybridized carbons (Fsp3) is 0.500. The highest BCUT2D eigenvalue weighted by Gasteiger charge is 2.05. The van der Waals surface area contributed by atoms with Gasteiger partial charge in [-0.1, -0.05) is 5.16 Å². The van der Waals surface area contributed by atoms with Gasteiger partial charge in [-0.3, -0.25) is 4.79 Å². The molecule has 0 saturated carbocycles. The molecule has 11 heavy (non-hydrogen) atoms. The molecule has 0 fully saturated rings. The van der Waals surface area contributed by atoms with Gasteiger partial charge in [0.15, 0.2) is 0 Å². The van der Waals surface area contributed by atoms with Crippen molar-refractivity contribution in [2.24, 2.45) is 10.9 Å². The summed E-state index contributed by atoms with van der Waals surface area (Å²) in [5.74, 6) is -0.745. The van der Waals surface area contributed by atoms with Crippen LogP contribution in [0.25, 0.3) is 0 Å². The van der Waals surface area contributed by atoms with Gasteiger partial charge >= 0.3 is 0 Å². The minimum atomic E-state index is -0.745. The van der Waals surface area contributed by atoms with Crippen molar-refractivity contribution in [3.8, 4) is 6.07 Å². The molecule has 0 aliphatic heterocycles. The highest BCUT2D eigenvalue weighted by Crippen LogP contribution is 1.95. The summed E-state index contributed by atoms with van der Waals surface area (Å²) >= 11 is 0. The molecule has 0 rings (SSSR count). The Morgan fingerprint density at radius 3 is 2.73 bits per heavy atom. The number of carbonyl (C=O) groups excluding carboxylic acids is 1. The lowest BCUT2D eigenvalue weighted by Gasteiger charge is -1.94. The normalized spacial score (nSPS) is 10.6. The summed E-state index contributed by atoms with van der Waals surface area (Å²) < 4.78 is 0. The number of nitrogens with two attached hydrogens (primary N) is 1. The third kappa shape index (κ3) is 3.92. The summed E-state index contributed by atoms with van der Waals surface area (Å²) in [6.45, 7) is 0. The first-order chi connectivity index (χ1) is 5.22. The summed E-state index contributed by atoms with van der Waals surface area (Å²) in [5, 5.41) is 19.0. The highest BCUT2D eigenvalue weighted by atomic mass is 16.4. The summed E-state index contributed by atoms with van der Waals surface area (Å²) in [6.07, 6.45) is 1.06. The molecule has 0 aliphatic rings. The van der Waals surface area contributed by atoms with E-state index in [1.54, 1.807) is 0 Å². The van der Waals surface area contributed by atoms with Crippen LogP contribution in [0.3, 0.4) is 0 Å². The fourth-order valence-electron chi connectivity index (χ4n) is 0.557. The number of primary amides is 1. The molecule has 0 spiro atoms. The van der Waals surface area contributed by atoms with E-state index in [4.69, 9.17) is 16.2 Å². The number of carbonyl (C=O) groups is 1. The van der Waals surface area contributed by atoms with Gasteiger partial charge in [0.1, 0.15) is 5.71 Å². The topological polar surface area (TPSA) is 99.5 Å². The Hall–Kier alpha value is -1.57. The molecule has 0 saturated heterocycles. The first-order valence-electron chi connectivity index (χ1n) is 3.10. The van der Waals surface area contributed by atoms with Crippen LogP contribution in [0, 0.1) is 11.3 Å². The lowest BCUT2D eigenvalue weighted by molar-refractivity contribution is -0.112. The average Bonchev–Trinajstić information content (AvgIpc) is 1.97. The number of hydrogen-bond donors (Lipinski definition) is 2. The molecule has 5 heteroatoms. The molecule has 1 amide bonds. The van der Waals surface area contributed by atoms with Crippen molar-refractivity contribution in [1.82, 2.24) is 0 Å². The Morgan fingerprint density at radius 2 is 2.36 bits per heavy atom. The maximum Gasteiger partial charge on any atom is 0.266 e. The zero-order valence-corrected chi connectivity index (χ0v) is 5.95. The van der Waals surface area contributed by atoms with E-state index in [9.17, 15) is 4.79 Å². The molecule has 0 bridgehead atoms. The zero-order valence-electron chi connectivity index (χ0n) is 5.95. The van der Waals surface area contributed by atoms with Crippen LogP contribution in [0.2, 0.25) is 0 Å². The Balaban J connectivity index is 3.75. The van der Waals surface area contributed by atoms with E-state index in [1.165, 1.54) is 0 Å². The third-order valence-corrected chi connectivity index (χ3v) is 1.11. The molecule has 5 nitrogen and oxygen atoms in total. The fourth-order valence-corrected chi connectivity index (χ4v) is 0.557. The smallest absolute Gasteiger partial charge is 0.266 e. The van der Waals surface area contributed by atoms with Crippen LogP contribution in [0.5, 0.6) is 0 Å². The predicted octanol–water partition coefficient (Wildman–Crippen LogP) is -0.00422. The van der Waals surface area contributed by atoms with Crippen molar-refractivity contribution in [3.63, 3.8) is 0 Å². The van der Waals surface area contributed by atoms with Crippen molar-refractivity contribution in [2.45, 2.75) is 19.3 Å². The van der Waals surface area contributed by atoms with Gasteiger partial charge in [0.2, 0.25) is 0 Å². The molecular formula is C6H9N3O2. The molecule has 0 heterocycles. The van der Waals surface area contributed by atoms with Crippen LogP contribution in [0.4, 0.5) is 0 Å². The van der Waals surface area contributed by atoms with Crippen LogP contribution in [-0.2, 0) is 4.79 Å². The van der Waals surface area contributed by atoms with Crippen molar-refractivity contribution in [2.75, 3.05) is 0 Å². The molecule has 0 aliphatic carbocycles. The monoisotopic (exact) mass is 155 g/mol. The summed E-state index contributed by atoms with van der Waals surface area (Å²) in [7, 11) is 0. The van der Waals surface area contributed by atoms with Crippen molar-refractivity contribution >= 4 is 11.6 Å². The molecule has 3 N–H and O–H groups in total. The molecule has 0 aromatic rings. The number of oxime groups is 1. The summed E-state index contributed by atoms with van der Waals surface area (Å²) in [6, 6.07) is 1.90. The quantitative estimate of drug-likeness (QED) is 0.258. The lowest BCUT2D eigenvalue weighted by atomic mass is 10.2. The van der Waals surface area contributed by atoms with Crippen molar-refractivity contribution in [3.05, 3.63) is 0 Å². The van der Waals surface area contributed by atoms with Crippen LogP contribution in [0.15, 0.2) is 5.16 Å². The van der Waals surface area contributed by atoms with Crippen molar-refractivity contribution in [1.29, 1.82) is 5.26 Å². The Kier molecular flexibility index (Phi) is 4.49. The minimum Gasteiger partial charge on any atom is -0.410 e. The van der Waals surface area contributed by atoms with Crippen LogP contribution in [0.1, 0.15) is 19.3 Å². The van der Waals surface area contributed by atoms with Crippen LogP contribution in [-0.4, -0.2) is 16.8 Å². The summed E-state index contributed by atoms with van der Waals surface area (Å²) in [4.78, 5) is 10.4. The Bertz CT molecular complexity index is 204. The van der Waals surface area contributed by atoms with E-state index in [2.05, 4.69) is 5.16 Å². The van der Waals surface area contributed by atoms with Gasteiger partial charge < -0.3 is 10.9 Å². The molecule has 0 unspecified atom stereocenters. The second-order valence-electron chi connectivity index (χ2n) is 1.92. The maximum absolute atomic E-state index is 10.4. The van der Waals surface area contributed by atoms with Gasteiger partial charge in [0, 0.05) is 6.42 Å². The van der Waals surface area contributed by atoms with E-state index >= 15 is 0 Å². The maximum atomic E-state index is 10.4. The first kappa shape index (κ1) is 9.43. The van der Waals surface area contributed by atoms with Gasteiger partial charge in [-0.15, -0.1) is 0 Å². The van der Waals surface area contributed by atoms with Gasteiger partial charge in [0.25, 0.3) is 5.91 Å². The highest BCUT2D eigenvalue weighted by molar-refractivity contribution is 6.38. The van der Waals surface area contributed by atoms with Crippen LogP contribution >= 0.6 is 0 Å². The van der Waals surface area contributed by atoms with E-state index < -0.39 is 5.91 Å². The second-order valence-corrected chi connectivity index (χ2v) is 1.92. The van der Waals surface area contributed by atoms with E-state index in [0.29, 0.717) is 12.8 Å². The largest absolute Gasteiger partial charge is 0.410 e. The number of rotatable bonds is 4. The third-order valence-electron chi connectivity index (χ3n) is 1.11.